The summed E-state index contributed by atoms with van der Waals surface area (Å²) in [5.74, 6) is -0.970. The second-order valence-corrected chi connectivity index (χ2v) is 4.52. The highest BCUT2D eigenvalue weighted by Gasteiger charge is 2.44. The van der Waals surface area contributed by atoms with Crippen molar-refractivity contribution in [1.82, 2.24) is 5.32 Å². The molecule has 1 aromatic carbocycles. The fourth-order valence-corrected chi connectivity index (χ4v) is 2.05. The quantitative estimate of drug-likeness (QED) is 0.754. The minimum atomic E-state index is -0.825. The van der Waals surface area contributed by atoms with Crippen molar-refractivity contribution in [3.05, 3.63) is 29.8 Å². The highest BCUT2D eigenvalue weighted by atomic mass is 16.4. The fourth-order valence-electron chi connectivity index (χ4n) is 2.05. The van der Waals surface area contributed by atoms with E-state index < -0.39 is 11.5 Å². The molecule has 0 saturated heterocycles. The summed E-state index contributed by atoms with van der Waals surface area (Å²) in [4.78, 5) is 22.6. The first-order valence-electron chi connectivity index (χ1n) is 5.91. The van der Waals surface area contributed by atoms with Crippen LogP contribution in [0.3, 0.4) is 0 Å². The predicted octanol–water partition coefficient (Wildman–Crippen LogP) is 1.47. The molecule has 2 rings (SSSR count). The highest BCUT2D eigenvalue weighted by molar-refractivity contribution is 5.94. The van der Waals surface area contributed by atoms with Crippen LogP contribution in [-0.4, -0.2) is 29.6 Å². The second-order valence-electron chi connectivity index (χ2n) is 4.52. The minimum absolute atomic E-state index is 0.154. The van der Waals surface area contributed by atoms with Gasteiger partial charge in [0.15, 0.2) is 0 Å². The zero-order valence-corrected chi connectivity index (χ0v) is 10.2. The summed E-state index contributed by atoms with van der Waals surface area (Å²) >= 11 is 0. The summed E-state index contributed by atoms with van der Waals surface area (Å²) in [6.45, 7) is 0. The minimum Gasteiger partial charge on any atom is -0.480 e. The number of amides is 1. The summed E-state index contributed by atoms with van der Waals surface area (Å²) < 4.78 is 0. The Morgan fingerprint density at radius 3 is 2.22 bits per heavy atom. The van der Waals surface area contributed by atoms with Crippen molar-refractivity contribution in [3.8, 4) is 0 Å². The normalized spacial score (nSPS) is 16.5. The zero-order chi connectivity index (χ0) is 13.2. The zero-order valence-electron chi connectivity index (χ0n) is 10.2. The van der Waals surface area contributed by atoms with Gasteiger partial charge in [-0.2, -0.15) is 0 Å². The molecule has 1 fully saturated rings. The van der Waals surface area contributed by atoms with Crippen molar-refractivity contribution in [3.63, 3.8) is 0 Å². The van der Waals surface area contributed by atoms with E-state index in [2.05, 4.69) is 10.6 Å². The molecule has 1 aliphatic carbocycles. The molecule has 1 aliphatic rings. The summed E-state index contributed by atoms with van der Waals surface area (Å²) in [7, 11) is 1.57. The molecule has 3 N–H and O–H groups in total. The molecule has 0 atom stereocenters. The van der Waals surface area contributed by atoms with E-state index in [4.69, 9.17) is 0 Å². The Bertz CT molecular complexity index is 464. The topological polar surface area (TPSA) is 78.4 Å². The number of benzene rings is 1. The number of hydrogen-bond acceptors (Lipinski definition) is 3. The Hall–Kier alpha value is -2.04. The van der Waals surface area contributed by atoms with Gasteiger partial charge in [-0.15, -0.1) is 0 Å². The van der Waals surface area contributed by atoms with E-state index in [1.807, 2.05) is 0 Å². The number of carboxylic acids is 1. The molecule has 5 heteroatoms. The first-order valence-corrected chi connectivity index (χ1v) is 5.91. The number of nitrogens with one attached hydrogen (secondary N) is 2. The van der Waals surface area contributed by atoms with Crippen molar-refractivity contribution in [2.24, 2.45) is 0 Å². The number of hydrogen-bond donors (Lipinski definition) is 3. The maximum atomic E-state index is 11.4. The van der Waals surface area contributed by atoms with Crippen LogP contribution in [0, 0.1) is 0 Å². The molecule has 0 radical (unpaired) electrons. The van der Waals surface area contributed by atoms with Crippen LogP contribution in [0.1, 0.15) is 29.6 Å². The maximum Gasteiger partial charge on any atom is 0.329 e. The summed E-state index contributed by atoms with van der Waals surface area (Å²) in [5.41, 5.74) is 0.458. The lowest BCUT2D eigenvalue weighted by Crippen LogP contribution is -2.52. The first kappa shape index (κ1) is 12.4. The van der Waals surface area contributed by atoms with Crippen LogP contribution in [-0.2, 0) is 4.79 Å². The van der Waals surface area contributed by atoms with Crippen LogP contribution in [0.4, 0.5) is 5.69 Å². The molecular formula is C13H16N2O3. The van der Waals surface area contributed by atoms with E-state index in [-0.39, 0.29) is 5.91 Å². The molecule has 1 amide bonds. The van der Waals surface area contributed by atoms with E-state index in [0.29, 0.717) is 18.4 Å². The Balaban J connectivity index is 2.11. The molecule has 0 unspecified atom stereocenters. The third-order valence-electron chi connectivity index (χ3n) is 3.37. The van der Waals surface area contributed by atoms with Crippen molar-refractivity contribution >= 4 is 17.6 Å². The highest BCUT2D eigenvalue weighted by Crippen LogP contribution is 2.35. The smallest absolute Gasteiger partial charge is 0.329 e. The van der Waals surface area contributed by atoms with Crippen LogP contribution in [0.2, 0.25) is 0 Å². The second kappa shape index (κ2) is 4.68. The van der Waals surface area contributed by atoms with Gasteiger partial charge in [0.1, 0.15) is 5.54 Å². The van der Waals surface area contributed by atoms with Gasteiger partial charge in [-0.05, 0) is 43.5 Å². The number of carbonyl (C=O) groups excluding carboxylic acids is 1. The van der Waals surface area contributed by atoms with E-state index in [1.165, 1.54) is 0 Å². The van der Waals surface area contributed by atoms with Gasteiger partial charge in [0, 0.05) is 18.3 Å². The summed E-state index contributed by atoms with van der Waals surface area (Å²) in [6, 6.07) is 6.81. The molecule has 0 spiro atoms. The Morgan fingerprint density at radius 1 is 1.22 bits per heavy atom. The predicted molar refractivity (Wildman–Crippen MR) is 67.7 cm³/mol. The molecule has 1 aromatic rings. The third-order valence-corrected chi connectivity index (χ3v) is 3.37. The van der Waals surface area contributed by atoms with E-state index in [9.17, 15) is 14.7 Å². The molecule has 0 heterocycles. The summed E-state index contributed by atoms with van der Waals surface area (Å²) in [5, 5.41) is 14.8. The van der Waals surface area contributed by atoms with Crippen molar-refractivity contribution in [2.45, 2.75) is 24.8 Å². The first-order chi connectivity index (χ1) is 8.57. The monoisotopic (exact) mass is 248 g/mol. The van der Waals surface area contributed by atoms with Gasteiger partial charge in [0.05, 0.1) is 0 Å². The van der Waals surface area contributed by atoms with Crippen molar-refractivity contribution < 1.29 is 14.7 Å². The lowest BCUT2D eigenvalue weighted by molar-refractivity contribution is -0.145. The average molecular weight is 248 g/mol. The van der Waals surface area contributed by atoms with E-state index >= 15 is 0 Å². The van der Waals surface area contributed by atoms with Gasteiger partial charge in [0.25, 0.3) is 5.91 Å². The van der Waals surface area contributed by atoms with Crippen LogP contribution in [0.15, 0.2) is 24.3 Å². The van der Waals surface area contributed by atoms with E-state index in [0.717, 1.165) is 12.1 Å². The number of carboxylic acid groups (broad SMARTS) is 1. The SMILES string of the molecule is CNC(=O)c1ccc(NC2(C(=O)O)CCC2)cc1. The van der Waals surface area contributed by atoms with Gasteiger partial charge in [-0.1, -0.05) is 0 Å². The Labute approximate surface area is 105 Å². The molecule has 0 aliphatic heterocycles. The Kier molecular flexibility index (Phi) is 3.23. The molecule has 96 valence electrons. The fraction of sp³-hybridized carbons (Fsp3) is 0.385. The van der Waals surface area contributed by atoms with Crippen LogP contribution < -0.4 is 10.6 Å². The maximum absolute atomic E-state index is 11.4. The number of rotatable bonds is 4. The van der Waals surface area contributed by atoms with E-state index in [1.54, 1.807) is 31.3 Å². The van der Waals surface area contributed by atoms with Crippen molar-refractivity contribution in [1.29, 1.82) is 0 Å². The molecule has 0 aromatic heterocycles. The van der Waals surface area contributed by atoms with Gasteiger partial charge in [0.2, 0.25) is 0 Å². The number of carbonyl (C=O) groups is 2. The van der Waals surface area contributed by atoms with Gasteiger partial charge >= 0.3 is 5.97 Å². The molecular weight excluding hydrogens is 232 g/mol. The molecule has 1 saturated carbocycles. The van der Waals surface area contributed by atoms with Crippen LogP contribution in [0.25, 0.3) is 0 Å². The summed E-state index contributed by atoms with van der Waals surface area (Å²) in [6.07, 6.45) is 2.20. The molecule has 0 bridgehead atoms. The number of anilines is 1. The van der Waals surface area contributed by atoms with Crippen molar-refractivity contribution in [2.75, 3.05) is 12.4 Å². The van der Waals surface area contributed by atoms with Crippen LogP contribution >= 0.6 is 0 Å². The third kappa shape index (κ3) is 2.16. The van der Waals surface area contributed by atoms with Gasteiger partial charge < -0.3 is 15.7 Å². The van der Waals surface area contributed by atoms with Gasteiger partial charge in [-0.3, -0.25) is 4.79 Å². The van der Waals surface area contributed by atoms with Gasteiger partial charge in [-0.25, -0.2) is 4.79 Å². The average Bonchev–Trinajstić information content (AvgIpc) is 2.33. The largest absolute Gasteiger partial charge is 0.480 e. The standard InChI is InChI=1S/C13H16N2O3/c1-14-11(16)9-3-5-10(6-4-9)15-13(12(17)18)7-2-8-13/h3-6,15H,2,7-8H2,1H3,(H,14,16)(H,17,18). The lowest BCUT2D eigenvalue weighted by atomic mass is 9.76. The molecule has 18 heavy (non-hydrogen) atoms. The van der Waals surface area contributed by atoms with Crippen LogP contribution in [0.5, 0.6) is 0 Å². The lowest BCUT2D eigenvalue weighted by Gasteiger charge is -2.39. The Morgan fingerprint density at radius 2 is 1.83 bits per heavy atom. The number of aliphatic carboxylic acids is 1. The molecule has 5 nitrogen and oxygen atoms in total.